The number of rotatable bonds is 5. The van der Waals surface area contributed by atoms with E-state index in [0.717, 1.165) is 31.9 Å². The van der Waals surface area contributed by atoms with Gasteiger partial charge in [0.15, 0.2) is 5.15 Å². The Morgan fingerprint density at radius 1 is 1.19 bits per heavy atom. The summed E-state index contributed by atoms with van der Waals surface area (Å²) in [6.45, 7) is 5.31. The summed E-state index contributed by atoms with van der Waals surface area (Å²) in [5, 5.41) is 3.16. The normalized spacial score (nSPS) is 16.2. The van der Waals surface area contributed by atoms with Crippen LogP contribution >= 0.6 is 11.6 Å². The molecule has 0 saturated carbocycles. The monoisotopic (exact) mass is 374 g/mol. The van der Waals surface area contributed by atoms with E-state index in [9.17, 15) is 4.79 Å². The SMILES string of the molecule is COc1ccc(N2CCN([C@@H](C)C(=O)Nc3cccnc3Cl)CC2)cc1. The van der Waals surface area contributed by atoms with Crippen LogP contribution in [-0.4, -0.2) is 55.1 Å². The number of piperazine rings is 1. The predicted octanol–water partition coefficient (Wildman–Crippen LogP) is 2.89. The molecule has 1 atom stereocenters. The van der Waals surface area contributed by atoms with Crippen molar-refractivity contribution in [3.05, 3.63) is 47.7 Å². The number of halogens is 1. The summed E-state index contributed by atoms with van der Waals surface area (Å²) in [5.74, 6) is 0.782. The number of nitrogens with one attached hydrogen (secondary N) is 1. The molecule has 0 unspecified atom stereocenters. The molecule has 1 N–H and O–H groups in total. The summed E-state index contributed by atoms with van der Waals surface area (Å²) < 4.78 is 5.20. The highest BCUT2D eigenvalue weighted by molar-refractivity contribution is 6.32. The third-order valence-corrected chi connectivity index (χ3v) is 5.00. The minimum absolute atomic E-state index is 0.0715. The lowest BCUT2D eigenvalue weighted by Gasteiger charge is -2.38. The van der Waals surface area contributed by atoms with Gasteiger partial charge in [-0.3, -0.25) is 9.69 Å². The van der Waals surface area contributed by atoms with Crippen molar-refractivity contribution >= 4 is 28.9 Å². The maximum Gasteiger partial charge on any atom is 0.241 e. The van der Waals surface area contributed by atoms with Gasteiger partial charge in [0.2, 0.25) is 5.91 Å². The quantitative estimate of drug-likeness (QED) is 0.815. The maximum atomic E-state index is 12.5. The number of hydrogen-bond acceptors (Lipinski definition) is 5. The Hall–Kier alpha value is -2.31. The van der Waals surface area contributed by atoms with Crippen LogP contribution in [0, 0.1) is 0 Å². The minimum atomic E-state index is -0.232. The molecule has 1 amide bonds. The highest BCUT2D eigenvalue weighted by atomic mass is 35.5. The zero-order valence-corrected chi connectivity index (χ0v) is 15.7. The van der Waals surface area contributed by atoms with E-state index in [2.05, 4.69) is 32.2 Å². The smallest absolute Gasteiger partial charge is 0.241 e. The lowest BCUT2D eigenvalue weighted by Crippen LogP contribution is -2.52. The molecule has 0 bridgehead atoms. The molecular formula is C19H23ClN4O2. The summed E-state index contributed by atoms with van der Waals surface area (Å²) in [6.07, 6.45) is 1.60. The number of aromatic nitrogens is 1. The molecule has 2 heterocycles. The molecule has 138 valence electrons. The second-order valence-electron chi connectivity index (χ2n) is 6.23. The fourth-order valence-electron chi connectivity index (χ4n) is 3.04. The van der Waals surface area contributed by atoms with Gasteiger partial charge < -0.3 is 15.0 Å². The van der Waals surface area contributed by atoms with E-state index < -0.39 is 0 Å². The van der Waals surface area contributed by atoms with Crippen LogP contribution in [0.25, 0.3) is 0 Å². The van der Waals surface area contributed by atoms with E-state index in [1.54, 1.807) is 25.4 Å². The zero-order valence-electron chi connectivity index (χ0n) is 15.0. The number of amides is 1. The molecular weight excluding hydrogens is 352 g/mol. The zero-order chi connectivity index (χ0) is 18.5. The second-order valence-corrected chi connectivity index (χ2v) is 6.59. The van der Waals surface area contributed by atoms with Crippen LogP contribution in [0.1, 0.15) is 6.92 Å². The first-order valence-corrected chi connectivity index (χ1v) is 9.00. The Kier molecular flexibility index (Phi) is 5.96. The molecule has 1 aliphatic rings. The van der Waals surface area contributed by atoms with E-state index in [4.69, 9.17) is 16.3 Å². The second kappa shape index (κ2) is 8.38. The van der Waals surface area contributed by atoms with Crippen molar-refractivity contribution < 1.29 is 9.53 Å². The number of pyridine rings is 1. The standard InChI is InChI=1S/C19H23ClN4O2/c1-14(19(25)22-17-4-3-9-21-18(17)20)23-10-12-24(13-11-23)15-5-7-16(26-2)8-6-15/h3-9,14H,10-13H2,1-2H3,(H,22,25)/t14-/m0/s1. The number of hydrogen-bond donors (Lipinski definition) is 1. The minimum Gasteiger partial charge on any atom is -0.497 e. The van der Waals surface area contributed by atoms with Crippen LogP contribution in [0.5, 0.6) is 5.75 Å². The Balaban J connectivity index is 1.55. The number of ether oxygens (including phenoxy) is 1. The van der Waals surface area contributed by atoms with E-state index >= 15 is 0 Å². The van der Waals surface area contributed by atoms with Crippen molar-refractivity contribution in [2.45, 2.75) is 13.0 Å². The molecule has 26 heavy (non-hydrogen) atoms. The fourth-order valence-corrected chi connectivity index (χ4v) is 3.21. The van der Waals surface area contributed by atoms with Gasteiger partial charge in [0.25, 0.3) is 0 Å². The lowest BCUT2D eigenvalue weighted by molar-refractivity contribution is -0.120. The fraction of sp³-hybridized carbons (Fsp3) is 0.368. The Morgan fingerprint density at radius 2 is 1.88 bits per heavy atom. The Morgan fingerprint density at radius 3 is 2.50 bits per heavy atom. The van der Waals surface area contributed by atoms with Crippen molar-refractivity contribution in [1.82, 2.24) is 9.88 Å². The predicted molar refractivity (Wildman–Crippen MR) is 104 cm³/mol. The summed E-state index contributed by atoms with van der Waals surface area (Å²) in [4.78, 5) is 21.0. The van der Waals surface area contributed by atoms with Gasteiger partial charge in [-0.1, -0.05) is 11.6 Å². The lowest BCUT2D eigenvalue weighted by atomic mass is 10.2. The van der Waals surface area contributed by atoms with E-state index in [0.29, 0.717) is 10.8 Å². The van der Waals surface area contributed by atoms with Crippen LogP contribution in [0.4, 0.5) is 11.4 Å². The number of benzene rings is 1. The molecule has 0 aliphatic carbocycles. The Bertz CT molecular complexity index is 745. The molecule has 1 aliphatic heterocycles. The van der Waals surface area contributed by atoms with Gasteiger partial charge in [-0.05, 0) is 43.3 Å². The molecule has 0 spiro atoms. The van der Waals surface area contributed by atoms with Crippen LogP contribution in [-0.2, 0) is 4.79 Å². The number of carbonyl (C=O) groups excluding carboxylic acids is 1. The van der Waals surface area contributed by atoms with Crippen molar-refractivity contribution in [2.24, 2.45) is 0 Å². The maximum absolute atomic E-state index is 12.5. The molecule has 3 rings (SSSR count). The number of nitrogens with zero attached hydrogens (tertiary/aromatic N) is 3. The summed E-state index contributed by atoms with van der Waals surface area (Å²) in [6, 6.07) is 11.3. The van der Waals surface area contributed by atoms with Gasteiger partial charge in [0.1, 0.15) is 5.75 Å². The van der Waals surface area contributed by atoms with Crippen LogP contribution in [0.3, 0.4) is 0 Å². The number of methoxy groups -OCH3 is 1. The van der Waals surface area contributed by atoms with Crippen molar-refractivity contribution in [3.8, 4) is 5.75 Å². The van der Waals surface area contributed by atoms with Crippen LogP contribution in [0.15, 0.2) is 42.6 Å². The van der Waals surface area contributed by atoms with E-state index in [1.165, 1.54) is 5.69 Å². The molecule has 6 nitrogen and oxygen atoms in total. The largest absolute Gasteiger partial charge is 0.497 e. The highest BCUT2D eigenvalue weighted by Crippen LogP contribution is 2.22. The average Bonchev–Trinajstić information content (AvgIpc) is 2.69. The molecule has 7 heteroatoms. The van der Waals surface area contributed by atoms with Gasteiger partial charge in [0.05, 0.1) is 18.8 Å². The topological polar surface area (TPSA) is 57.7 Å². The average molecular weight is 375 g/mol. The third kappa shape index (κ3) is 4.26. The van der Waals surface area contributed by atoms with Crippen LogP contribution in [0.2, 0.25) is 5.15 Å². The first kappa shape index (κ1) is 18.5. The molecule has 2 aromatic rings. The van der Waals surface area contributed by atoms with Gasteiger partial charge in [0, 0.05) is 38.1 Å². The molecule has 1 fully saturated rings. The molecule has 0 radical (unpaired) electrons. The molecule has 1 saturated heterocycles. The van der Waals surface area contributed by atoms with Crippen molar-refractivity contribution in [3.63, 3.8) is 0 Å². The van der Waals surface area contributed by atoms with Crippen molar-refractivity contribution in [1.29, 1.82) is 0 Å². The van der Waals surface area contributed by atoms with Crippen molar-refractivity contribution in [2.75, 3.05) is 43.5 Å². The Labute approximate surface area is 158 Å². The molecule has 1 aromatic carbocycles. The van der Waals surface area contributed by atoms with Gasteiger partial charge in [-0.2, -0.15) is 0 Å². The van der Waals surface area contributed by atoms with Crippen LogP contribution < -0.4 is 15.0 Å². The highest BCUT2D eigenvalue weighted by Gasteiger charge is 2.26. The van der Waals surface area contributed by atoms with Gasteiger partial charge in [-0.15, -0.1) is 0 Å². The number of anilines is 2. The number of carbonyl (C=O) groups is 1. The first-order valence-electron chi connectivity index (χ1n) is 8.63. The summed E-state index contributed by atoms with van der Waals surface area (Å²) in [7, 11) is 1.67. The summed E-state index contributed by atoms with van der Waals surface area (Å²) >= 11 is 6.01. The van der Waals surface area contributed by atoms with Gasteiger partial charge >= 0.3 is 0 Å². The van der Waals surface area contributed by atoms with E-state index in [1.807, 2.05) is 19.1 Å². The van der Waals surface area contributed by atoms with Gasteiger partial charge in [-0.25, -0.2) is 4.98 Å². The summed E-state index contributed by atoms with van der Waals surface area (Å²) in [5.41, 5.74) is 1.72. The third-order valence-electron chi connectivity index (χ3n) is 4.70. The molecule has 1 aromatic heterocycles. The van der Waals surface area contributed by atoms with E-state index in [-0.39, 0.29) is 11.9 Å². The first-order chi connectivity index (χ1) is 12.6.